The monoisotopic (exact) mass is 243 g/mol. The number of carboxylic acid groups (broad SMARTS) is 1. The molecule has 1 atom stereocenters. The number of aromatic carboxylic acids is 1. The molecule has 0 saturated carbocycles. The van der Waals surface area contributed by atoms with Crippen LogP contribution < -0.4 is 9.64 Å². The Morgan fingerprint density at radius 1 is 1.62 bits per heavy atom. The number of hydrogen-bond donors (Lipinski definition) is 2. The first-order valence-corrected chi connectivity index (χ1v) is 4.99. The van der Waals surface area contributed by atoms with E-state index < -0.39 is 12.2 Å². The van der Waals surface area contributed by atoms with Gasteiger partial charge in [0.05, 0.1) is 5.69 Å². The number of nitrogens with zero attached hydrogens (tertiary/aromatic N) is 1. The Morgan fingerprint density at radius 2 is 2.31 bits per heavy atom. The number of benzene rings is 1. The highest BCUT2D eigenvalue weighted by molar-refractivity contribution is 6.31. The van der Waals surface area contributed by atoms with Gasteiger partial charge in [-0.15, -0.1) is 0 Å². The second-order valence-electron chi connectivity index (χ2n) is 3.51. The molecule has 0 amide bonds. The molecule has 2 rings (SSSR count). The molecule has 5 nitrogen and oxygen atoms in total. The molecule has 0 spiro atoms. The highest BCUT2D eigenvalue weighted by Crippen LogP contribution is 2.38. The van der Waals surface area contributed by atoms with Crippen molar-refractivity contribution >= 4 is 23.3 Å². The van der Waals surface area contributed by atoms with Crippen LogP contribution in [0.5, 0.6) is 5.75 Å². The van der Waals surface area contributed by atoms with Gasteiger partial charge < -0.3 is 19.8 Å². The van der Waals surface area contributed by atoms with Gasteiger partial charge in [0, 0.05) is 12.1 Å². The first-order chi connectivity index (χ1) is 7.50. The lowest BCUT2D eigenvalue weighted by atomic mass is 10.1. The fourth-order valence-electron chi connectivity index (χ4n) is 1.58. The molecule has 0 aromatic heterocycles. The SMILES string of the molecule is CN1c2cc(Cl)cc(C(=O)O)c2OCC1O. The molecule has 0 aliphatic carbocycles. The number of aliphatic hydroxyl groups is 1. The summed E-state index contributed by atoms with van der Waals surface area (Å²) in [5, 5.41) is 18.8. The van der Waals surface area contributed by atoms with E-state index in [2.05, 4.69) is 0 Å². The van der Waals surface area contributed by atoms with E-state index >= 15 is 0 Å². The average molecular weight is 244 g/mol. The van der Waals surface area contributed by atoms with Crippen LogP contribution in [-0.4, -0.2) is 36.1 Å². The van der Waals surface area contributed by atoms with E-state index in [9.17, 15) is 9.90 Å². The zero-order valence-corrected chi connectivity index (χ0v) is 9.23. The smallest absolute Gasteiger partial charge is 0.339 e. The molecule has 1 aromatic carbocycles. The molecule has 1 aliphatic rings. The number of rotatable bonds is 1. The molecular formula is C10H10ClNO4. The molecule has 0 fully saturated rings. The van der Waals surface area contributed by atoms with E-state index in [0.29, 0.717) is 10.7 Å². The quantitative estimate of drug-likeness (QED) is 0.775. The van der Waals surface area contributed by atoms with Crippen molar-refractivity contribution in [3.8, 4) is 5.75 Å². The zero-order chi connectivity index (χ0) is 11.9. The largest absolute Gasteiger partial charge is 0.486 e. The second kappa shape index (κ2) is 3.84. The van der Waals surface area contributed by atoms with Crippen molar-refractivity contribution in [1.29, 1.82) is 0 Å². The summed E-state index contributed by atoms with van der Waals surface area (Å²) in [6, 6.07) is 2.89. The summed E-state index contributed by atoms with van der Waals surface area (Å²) in [7, 11) is 1.65. The van der Waals surface area contributed by atoms with Crippen molar-refractivity contribution < 1.29 is 19.7 Å². The van der Waals surface area contributed by atoms with Gasteiger partial charge in [0.2, 0.25) is 0 Å². The summed E-state index contributed by atoms with van der Waals surface area (Å²) in [6.07, 6.45) is -0.799. The summed E-state index contributed by atoms with van der Waals surface area (Å²) < 4.78 is 5.22. The van der Waals surface area contributed by atoms with Gasteiger partial charge in [-0.25, -0.2) is 4.79 Å². The van der Waals surface area contributed by atoms with Gasteiger partial charge in [0.1, 0.15) is 12.2 Å². The topological polar surface area (TPSA) is 70.0 Å². The summed E-state index contributed by atoms with van der Waals surface area (Å²) in [6.45, 7) is 0.0331. The Balaban J connectivity index is 2.60. The standard InChI is InChI=1S/C10H10ClNO4/c1-12-7-3-5(11)2-6(10(14)15)9(7)16-4-8(12)13/h2-3,8,13H,4H2,1H3,(H,14,15). The zero-order valence-electron chi connectivity index (χ0n) is 8.48. The van der Waals surface area contributed by atoms with E-state index in [1.165, 1.54) is 11.0 Å². The van der Waals surface area contributed by atoms with Gasteiger partial charge in [-0.05, 0) is 12.1 Å². The second-order valence-corrected chi connectivity index (χ2v) is 3.95. The van der Waals surface area contributed by atoms with Crippen molar-refractivity contribution in [2.45, 2.75) is 6.23 Å². The van der Waals surface area contributed by atoms with Crippen LogP contribution in [0.2, 0.25) is 5.02 Å². The average Bonchev–Trinajstić information content (AvgIpc) is 2.23. The van der Waals surface area contributed by atoms with Crippen LogP contribution >= 0.6 is 11.6 Å². The molecular weight excluding hydrogens is 234 g/mol. The lowest BCUT2D eigenvalue weighted by molar-refractivity contribution is 0.0674. The van der Waals surface area contributed by atoms with E-state index in [-0.39, 0.29) is 17.9 Å². The Bertz CT molecular complexity index is 449. The number of carboxylic acids is 1. The molecule has 1 unspecified atom stereocenters. The molecule has 1 aromatic rings. The number of hydrogen-bond acceptors (Lipinski definition) is 4. The molecule has 0 saturated heterocycles. The van der Waals surface area contributed by atoms with Crippen molar-refractivity contribution in [2.24, 2.45) is 0 Å². The van der Waals surface area contributed by atoms with Crippen LogP contribution in [0.3, 0.4) is 0 Å². The summed E-state index contributed by atoms with van der Waals surface area (Å²) >= 11 is 5.81. The third-order valence-electron chi connectivity index (χ3n) is 2.47. The number of carbonyl (C=O) groups is 1. The Labute approximate surface area is 96.8 Å². The van der Waals surface area contributed by atoms with Crippen LogP contribution in [0.4, 0.5) is 5.69 Å². The molecule has 1 heterocycles. The van der Waals surface area contributed by atoms with Gasteiger partial charge in [0.25, 0.3) is 0 Å². The minimum atomic E-state index is -1.11. The predicted molar refractivity (Wildman–Crippen MR) is 58.3 cm³/mol. The lowest BCUT2D eigenvalue weighted by Crippen LogP contribution is -2.40. The number of fused-ring (bicyclic) bond motifs is 1. The normalized spacial score (nSPS) is 18.9. The van der Waals surface area contributed by atoms with E-state index in [1.54, 1.807) is 13.1 Å². The maximum atomic E-state index is 11.0. The van der Waals surface area contributed by atoms with Crippen LogP contribution in [0, 0.1) is 0 Å². The third-order valence-corrected chi connectivity index (χ3v) is 2.69. The van der Waals surface area contributed by atoms with E-state index in [1.807, 2.05) is 0 Å². The van der Waals surface area contributed by atoms with Gasteiger partial charge in [-0.2, -0.15) is 0 Å². The fourth-order valence-corrected chi connectivity index (χ4v) is 1.79. The molecule has 16 heavy (non-hydrogen) atoms. The summed E-state index contributed by atoms with van der Waals surface area (Å²) in [5.74, 6) is -0.867. The number of halogens is 1. The van der Waals surface area contributed by atoms with Crippen LogP contribution in [0.1, 0.15) is 10.4 Å². The first kappa shape index (κ1) is 11.0. The van der Waals surface area contributed by atoms with Gasteiger partial charge in [-0.1, -0.05) is 11.6 Å². The highest BCUT2D eigenvalue weighted by Gasteiger charge is 2.27. The van der Waals surface area contributed by atoms with E-state index in [0.717, 1.165) is 0 Å². The molecule has 6 heteroatoms. The molecule has 0 bridgehead atoms. The number of ether oxygens (including phenoxy) is 1. The van der Waals surface area contributed by atoms with Crippen LogP contribution in [0.15, 0.2) is 12.1 Å². The van der Waals surface area contributed by atoms with Crippen molar-refractivity contribution in [2.75, 3.05) is 18.6 Å². The van der Waals surface area contributed by atoms with Crippen molar-refractivity contribution in [3.63, 3.8) is 0 Å². The van der Waals surface area contributed by atoms with Crippen molar-refractivity contribution in [1.82, 2.24) is 0 Å². The number of likely N-dealkylation sites (N-methyl/N-ethyl adjacent to an activating group) is 1. The Kier molecular flexibility index (Phi) is 2.65. The van der Waals surface area contributed by atoms with Crippen molar-refractivity contribution in [3.05, 3.63) is 22.7 Å². The lowest BCUT2D eigenvalue weighted by Gasteiger charge is -2.33. The molecule has 86 valence electrons. The Morgan fingerprint density at radius 3 is 2.94 bits per heavy atom. The predicted octanol–water partition coefficient (Wildman–Crippen LogP) is 1.19. The van der Waals surface area contributed by atoms with Gasteiger partial charge in [0.15, 0.2) is 12.0 Å². The maximum absolute atomic E-state index is 11.0. The highest BCUT2D eigenvalue weighted by atomic mass is 35.5. The Hall–Kier alpha value is -1.46. The minimum absolute atomic E-state index is 0.00116. The third kappa shape index (κ3) is 1.68. The van der Waals surface area contributed by atoms with Crippen LogP contribution in [-0.2, 0) is 0 Å². The first-order valence-electron chi connectivity index (χ1n) is 4.61. The summed E-state index contributed by atoms with van der Waals surface area (Å²) in [4.78, 5) is 12.5. The summed E-state index contributed by atoms with van der Waals surface area (Å²) in [5.41, 5.74) is 0.477. The van der Waals surface area contributed by atoms with E-state index in [4.69, 9.17) is 21.4 Å². The molecule has 0 radical (unpaired) electrons. The maximum Gasteiger partial charge on any atom is 0.339 e. The number of aliphatic hydroxyl groups excluding tert-OH is 1. The van der Waals surface area contributed by atoms with Gasteiger partial charge >= 0.3 is 5.97 Å². The van der Waals surface area contributed by atoms with Gasteiger partial charge in [-0.3, -0.25) is 0 Å². The number of anilines is 1. The molecule has 1 aliphatic heterocycles. The van der Waals surface area contributed by atoms with Crippen LogP contribution in [0.25, 0.3) is 0 Å². The minimum Gasteiger partial charge on any atom is -0.486 e. The fraction of sp³-hybridized carbons (Fsp3) is 0.300. The molecule has 2 N–H and O–H groups in total.